The number of carbonyl (C=O) groups is 1. The van der Waals surface area contributed by atoms with Crippen LogP contribution in [0.25, 0.3) is 5.57 Å². The van der Waals surface area contributed by atoms with Crippen molar-refractivity contribution in [2.24, 2.45) is 0 Å². The molecule has 0 saturated heterocycles. The molecule has 23 heavy (non-hydrogen) atoms. The van der Waals surface area contributed by atoms with Crippen LogP contribution in [0, 0.1) is 0 Å². The Bertz CT molecular complexity index is 610. The topological polar surface area (TPSA) is 26.3 Å². The number of esters is 1. The molecule has 0 radical (unpaired) electrons. The Hall–Kier alpha value is -2.09. The van der Waals surface area contributed by atoms with Crippen molar-refractivity contribution in [1.82, 2.24) is 0 Å². The van der Waals surface area contributed by atoms with E-state index in [1.54, 1.807) is 6.08 Å². The summed E-state index contributed by atoms with van der Waals surface area (Å²) in [4.78, 5) is 12.3. The van der Waals surface area contributed by atoms with Crippen molar-refractivity contribution < 1.29 is 9.53 Å². The molecule has 1 aromatic carbocycles. The maximum absolute atomic E-state index is 12.3. The third-order valence-electron chi connectivity index (χ3n) is 3.64. The van der Waals surface area contributed by atoms with Gasteiger partial charge in [0, 0.05) is 5.57 Å². The lowest BCUT2D eigenvalue weighted by Gasteiger charge is -2.20. The fraction of sp³-hybridized carbons (Fsp3) is 0.381. The molecule has 1 rings (SSSR count). The van der Waals surface area contributed by atoms with Crippen molar-refractivity contribution >= 4 is 11.5 Å². The van der Waals surface area contributed by atoms with Crippen LogP contribution >= 0.6 is 0 Å². The standard InChI is InChI=1S/C21H28O2/c1-8-10-18(20(22)23-9-2)19(15(3)4)16-11-13-17(14-12-16)21(5,6)7/h8,11-14H,1,3,9-10H2,2,4-7H3/b19-18+. The molecule has 0 heterocycles. The average Bonchev–Trinajstić information content (AvgIpc) is 2.46. The predicted octanol–water partition coefficient (Wildman–Crippen LogP) is 5.45. The summed E-state index contributed by atoms with van der Waals surface area (Å²) in [5.41, 5.74) is 4.63. The Morgan fingerprint density at radius 3 is 2.17 bits per heavy atom. The van der Waals surface area contributed by atoms with E-state index < -0.39 is 0 Å². The molecule has 0 amide bonds. The van der Waals surface area contributed by atoms with Crippen LogP contribution in [0.5, 0.6) is 0 Å². The molecule has 0 N–H and O–H groups in total. The van der Waals surface area contributed by atoms with Gasteiger partial charge in [0.25, 0.3) is 0 Å². The van der Waals surface area contributed by atoms with Gasteiger partial charge in [-0.15, -0.1) is 6.58 Å². The zero-order valence-corrected chi connectivity index (χ0v) is 15.0. The third-order valence-corrected chi connectivity index (χ3v) is 3.64. The summed E-state index contributed by atoms with van der Waals surface area (Å²) >= 11 is 0. The molecule has 0 aliphatic rings. The highest BCUT2D eigenvalue weighted by atomic mass is 16.5. The van der Waals surface area contributed by atoms with Gasteiger partial charge >= 0.3 is 5.97 Å². The van der Waals surface area contributed by atoms with E-state index in [1.165, 1.54) is 5.56 Å². The van der Waals surface area contributed by atoms with Gasteiger partial charge in [0.1, 0.15) is 0 Å². The molecule has 0 spiro atoms. The molecule has 2 heteroatoms. The molecule has 1 aromatic rings. The lowest BCUT2D eigenvalue weighted by Crippen LogP contribution is -2.12. The largest absolute Gasteiger partial charge is 0.463 e. The molecule has 0 atom stereocenters. The lowest BCUT2D eigenvalue weighted by molar-refractivity contribution is -0.138. The van der Waals surface area contributed by atoms with Crippen molar-refractivity contribution in [3.05, 3.63) is 65.8 Å². The Morgan fingerprint density at radius 1 is 1.22 bits per heavy atom. The van der Waals surface area contributed by atoms with Crippen LogP contribution in [0.2, 0.25) is 0 Å². The molecule has 0 fully saturated rings. The Balaban J connectivity index is 3.43. The summed E-state index contributed by atoms with van der Waals surface area (Å²) < 4.78 is 5.20. The molecule has 0 aromatic heterocycles. The molecular formula is C21H28O2. The fourth-order valence-electron chi connectivity index (χ4n) is 2.47. The molecule has 0 aliphatic carbocycles. The van der Waals surface area contributed by atoms with Gasteiger partial charge in [0.05, 0.1) is 6.61 Å². The van der Waals surface area contributed by atoms with Gasteiger partial charge in [-0.1, -0.05) is 57.7 Å². The van der Waals surface area contributed by atoms with Crippen LogP contribution in [0.3, 0.4) is 0 Å². The SMILES string of the molecule is C=CC/C(C(=O)OCC)=C(/C(=C)C)c1ccc(C(C)(C)C)cc1. The summed E-state index contributed by atoms with van der Waals surface area (Å²) in [6, 6.07) is 8.31. The van der Waals surface area contributed by atoms with Gasteiger partial charge in [0.15, 0.2) is 0 Å². The number of hydrogen-bond acceptors (Lipinski definition) is 2. The highest BCUT2D eigenvalue weighted by Crippen LogP contribution is 2.30. The molecule has 124 valence electrons. The fourth-order valence-corrected chi connectivity index (χ4v) is 2.47. The molecular weight excluding hydrogens is 284 g/mol. The first-order chi connectivity index (χ1) is 10.7. The highest BCUT2D eigenvalue weighted by molar-refractivity contribution is 6.01. The quantitative estimate of drug-likeness (QED) is 0.302. The first-order valence-corrected chi connectivity index (χ1v) is 8.00. The summed E-state index contributed by atoms with van der Waals surface area (Å²) in [7, 11) is 0. The lowest BCUT2D eigenvalue weighted by atomic mass is 9.85. The van der Waals surface area contributed by atoms with Crippen molar-refractivity contribution in [2.45, 2.75) is 46.5 Å². The van der Waals surface area contributed by atoms with Crippen molar-refractivity contribution in [2.75, 3.05) is 6.61 Å². The molecule has 0 bridgehead atoms. The van der Waals surface area contributed by atoms with Gasteiger partial charge < -0.3 is 4.74 Å². The zero-order chi connectivity index (χ0) is 17.6. The minimum Gasteiger partial charge on any atom is -0.463 e. The number of hydrogen-bond donors (Lipinski definition) is 0. The second-order valence-corrected chi connectivity index (χ2v) is 6.67. The van der Waals surface area contributed by atoms with E-state index in [0.29, 0.717) is 18.6 Å². The predicted molar refractivity (Wildman–Crippen MR) is 98.3 cm³/mol. The second kappa shape index (κ2) is 7.96. The normalized spacial score (nSPS) is 12.4. The molecule has 0 saturated carbocycles. The van der Waals surface area contributed by atoms with Crippen molar-refractivity contribution in [3.8, 4) is 0 Å². The van der Waals surface area contributed by atoms with E-state index in [2.05, 4.69) is 46.1 Å². The van der Waals surface area contributed by atoms with Crippen molar-refractivity contribution in [3.63, 3.8) is 0 Å². The zero-order valence-electron chi connectivity index (χ0n) is 15.0. The molecule has 0 aliphatic heterocycles. The maximum Gasteiger partial charge on any atom is 0.334 e. The average molecular weight is 312 g/mol. The van der Waals surface area contributed by atoms with E-state index in [9.17, 15) is 4.79 Å². The second-order valence-electron chi connectivity index (χ2n) is 6.67. The molecule has 0 unspecified atom stereocenters. The van der Waals surface area contributed by atoms with Crippen LogP contribution < -0.4 is 0 Å². The maximum atomic E-state index is 12.3. The number of carbonyl (C=O) groups excluding carboxylic acids is 1. The van der Waals surface area contributed by atoms with Gasteiger partial charge in [-0.2, -0.15) is 0 Å². The number of ether oxygens (including phenoxy) is 1. The highest BCUT2D eigenvalue weighted by Gasteiger charge is 2.19. The minimum absolute atomic E-state index is 0.0940. The van der Waals surface area contributed by atoms with Crippen LogP contribution in [-0.2, 0) is 14.9 Å². The monoisotopic (exact) mass is 312 g/mol. The molecule has 2 nitrogen and oxygen atoms in total. The van der Waals surface area contributed by atoms with Crippen LogP contribution in [0.1, 0.15) is 52.2 Å². The number of benzene rings is 1. The van der Waals surface area contributed by atoms with Crippen molar-refractivity contribution in [1.29, 1.82) is 0 Å². The van der Waals surface area contributed by atoms with E-state index in [-0.39, 0.29) is 11.4 Å². The summed E-state index contributed by atoms with van der Waals surface area (Å²) in [5, 5.41) is 0. The van der Waals surface area contributed by atoms with Gasteiger partial charge in [-0.3, -0.25) is 0 Å². The Labute approximate surface area is 140 Å². The Kier molecular flexibility index (Phi) is 6.56. The number of allylic oxidation sites excluding steroid dienone is 3. The van der Waals surface area contributed by atoms with E-state index in [4.69, 9.17) is 4.74 Å². The minimum atomic E-state index is -0.301. The van der Waals surface area contributed by atoms with E-state index >= 15 is 0 Å². The van der Waals surface area contributed by atoms with Gasteiger partial charge in [0.2, 0.25) is 0 Å². The Morgan fingerprint density at radius 2 is 1.78 bits per heavy atom. The van der Waals surface area contributed by atoms with Crippen LogP contribution in [-0.4, -0.2) is 12.6 Å². The first-order valence-electron chi connectivity index (χ1n) is 8.00. The van der Waals surface area contributed by atoms with Crippen LogP contribution in [0.15, 0.2) is 54.6 Å². The summed E-state index contributed by atoms with van der Waals surface area (Å²) in [5.74, 6) is -0.301. The smallest absolute Gasteiger partial charge is 0.334 e. The van der Waals surface area contributed by atoms with Gasteiger partial charge in [-0.25, -0.2) is 4.79 Å². The number of rotatable bonds is 6. The summed E-state index contributed by atoms with van der Waals surface area (Å²) in [6.07, 6.45) is 2.18. The first kappa shape index (κ1) is 19.0. The van der Waals surface area contributed by atoms with Gasteiger partial charge in [-0.05, 0) is 48.0 Å². The van der Waals surface area contributed by atoms with Crippen LogP contribution in [0.4, 0.5) is 0 Å². The summed E-state index contributed by atoms with van der Waals surface area (Å²) in [6.45, 7) is 18.4. The van der Waals surface area contributed by atoms with E-state index in [1.807, 2.05) is 26.0 Å². The van der Waals surface area contributed by atoms with E-state index in [0.717, 1.165) is 16.7 Å². The third kappa shape index (κ3) is 4.95.